The van der Waals surface area contributed by atoms with E-state index in [-0.39, 0.29) is 16.9 Å². The molecule has 0 bridgehead atoms. The van der Waals surface area contributed by atoms with E-state index in [0.29, 0.717) is 5.56 Å². The zero-order chi connectivity index (χ0) is 14.1. The summed E-state index contributed by atoms with van der Waals surface area (Å²) in [6.45, 7) is 0. The molecular weight excluding hydrogens is 256 g/mol. The fraction of sp³-hybridized carbons (Fsp3) is 0.250. The molecule has 3 rings (SSSR count). The first-order valence-corrected chi connectivity index (χ1v) is 6.65. The largest absolute Gasteiger partial charge is 0.325 e. The molecule has 0 unspecified atom stereocenters. The van der Waals surface area contributed by atoms with Crippen LogP contribution in [0.25, 0.3) is 11.1 Å². The normalized spacial score (nSPS) is 13.6. The van der Waals surface area contributed by atoms with Gasteiger partial charge in [0.15, 0.2) is 0 Å². The maximum absolute atomic E-state index is 13.1. The van der Waals surface area contributed by atoms with E-state index < -0.39 is 0 Å². The molecule has 0 atom stereocenters. The highest BCUT2D eigenvalue weighted by Crippen LogP contribution is 2.31. The molecule has 1 aliphatic carbocycles. The summed E-state index contributed by atoms with van der Waals surface area (Å²) < 4.78 is 13.1. The van der Waals surface area contributed by atoms with Gasteiger partial charge in [0.1, 0.15) is 17.4 Å². The minimum absolute atomic E-state index is 0.122. The molecule has 0 radical (unpaired) electrons. The molecule has 2 aromatic rings. The number of benzene rings is 1. The second-order valence-corrected chi connectivity index (χ2v) is 4.99. The lowest BCUT2D eigenvalue weighted by molar-refractivity contribution is 0.628. The SMILES string of the molecule is N#C[13c]1c(-c2ccc(F)cc2)c2c([nH]c1=O)CCCC2. The van der Waals surface area contributed by atoms with Gasteiger partial charge in [-0.1, -0.05) is 12.1 Å². The maximum atomic E-state index is 13.1. The zero-order valence-corrected chi connectivity index (χ0v) is 10.9. The van der Waals surface area contributed by atoms with E-state index in [1.54, 1.807) is 12.1 Å². The fourth-order valence-corrected chi connectivity index (χ4v) is 2.82. The zero-order valence-electron chi connectivity index (χ0n) is 10.9. The smallest absolute Gasteiger partial charge is 0.266 e. The summed E-state index contributed by atoms with van der Waals surface area (Å²) in [4.78, 5) is 14.8. The minimum atomic E-state index is -0.354. The van der Waals surface area contributed by atoms with Gasteiger partial charge in [-0.2, -0.15) is 5.26 Å². The second-order valence-electron chi connectivity index (χ2n) is 4.99. The van der Waals surface area contributed by atoms with Gasteiger partial charge in [-0.25, -0.2) is 4.39 Å². The number of nitriles is 1. The summed E-state index contributed by atoms with van der Waals surface area (Å²) in [5, 5.41) is 9.27. The number of hydrogen-bond acceptors (Lipinski definition) is 2. The van der Waals surface area contributed by atoms with E-state index in [9.17, 15) is 14.4 Å². The van der Waals surface area contributed by atoms with Crippen molar-refractivity contribution in [3.05, 3.63) is 57.3 Å². The van der Waals surface area contributed by atoms with Crippen LogP contribution in [0.1, 0.15) is 29.7 Å². The molecule has 4 heteroatoms. The number of aryl methyl sites for hydroxylation is 1. The van der Waals surface area contributed by atoms with Gasteiger partial charge >= 0.3 is 0 Å². The van der Waals surface area contributed by atoms with Gasteiger partial charge in [0, 0.05) is 11.3 Å². The molecule has 1 aromatic heterocycles. The average Bonchev–Trinajstić information content (AvgIpc) is 2.47. The van der Waals surface area contributed by atoms with Crippen molar-refractivity contribution in [1.82, 2.24) is 4.98 Å². The number of nitrogens with one attached hydrogen (secondary N) is 1. The summed E-state index contributed by atoms with van der Waals surface area (Å²) >= 11 is 0. The molecule has 100 valence electrons. The Morgan fingerprint density at radius 3 is 2.55 bits per heavy atom. The Morgan fingerprint density at radius 1 is 1.15 bits per heavy atom. The summed E-state index contributed by atoms with van der Waals surface area (Å²) in [5.74, 6) is -0.328. The van der Waals surface area contributed by atoms with Crippen LogP contribution in [0.4, 0.5) is 4.39 Å². The van der Waals surface area contributed by atoms with Crippen LogP contribution >= 0.6 is 0 Å². The lowest BCUT2D eigenvalue weighted by Crippen LogP contribution is -2.20. The number of H-pyrrole nitrogens is 1. The summed E-state index contributed by atoms with van der Waals surface area (Å²) in [6, 6.07) is 7.95. The highest BCUT2D eigenvalue weighted by atomic mass is 19.1. The third kappa shape index (κ3) is 2.01. The molecule has 3 nitrogen and oxygen atoms in total. The monoisotopic (exact) mass is 269 g/mol. The number of hydrogen-bond donors (Lipinski definition) is 1. The molecule has 0 aliphatic heterocycles. The molecule has 1 N–H and O–H groups in total. The van der Waals surface area contributed by atoms with Crippen LogP contribution in [-0.2, 0) is 12.8 Å². The Morgan fingerprint density at radius 2 is 1.85 bits per heavy atom. The van der Waals surface area contributed by atoms with Crippen LogP contribution in [-0.4, -0.2) is 4.98 Å². The number of nitrogens with zero attached hydrogens (tertiary/aromatic N) is 1. The van der Waals surface area contributed by atoms with Gasteiger partial charge in [0.25, 0.3) is 5.56 Å². The Bertz CT molecular complexity index is 754. The van der Waals surface area contributed by atoms with Gasteiger partial charge in [-0.05, 0) is 48.9 Å². The summed E-state index contributed by atoms with van der Waals surface area (Å²) in [6.07, 6.45) is 3.74. The average molecular weight is 269 g/mol. The Kier molecular flexibility index (Phi) is 3.11. The number of aromatic amines is 1. The topological polar surface area (TPSA) is 56.6 Å². The van der Waals surface area contributed by atoms with Gasteiger partial charge in [-0.3, -0.25) is 4.79 Å². The van der Waals surface area contributed by atoms with Crippen molar-refractivity contribution < 1.29 is 4.39 Å². The molecule has 1 aliphatic rings. The molecular formula is C16H13FN2O. The van der Waals surface area contributed by atoms with Crippen LogP contribution in [0.3, 0.4) is 0 Å². The highest BCUT2D eigenvalue weighted by Gasteiger charge is 2.20. The van der Waals surface area contributed by atoms with E-state index in [2.05, 4.69) is 4.98 Å². The van der Waals surface area contributed by atoms with Crippen molar-refractivity contribution in [3.63, 3.8) is 0 Å². The lowest BCUT2D eigenvalue weighted by atomic mass is 9.91. The van der Waals surface area contributed by atoms with Crippen molar-refractivity contribution in [1.29, 1.82) is 5.26 Å². The third-order valence-electron chi connectivity index (χ3n) is 3.76. The van der Waals surface area contributed by atoms with Crippen LogP contribution in [0.5, 0.6) is 0 Å². The Labute approximate surface area is 115 Å². The number of aromatic nitrogens is 1. The van der Waals surface area contributed by atoms with Gasteiger partial charge < -0.3 is 4.98 Å². The number of fused-ring (bicyclic) bond motifs is 1. The lowest BCUT2D eigenvalue weighted by Gasteiger charge is -2.20. The van der Waals surface area contributed by atoms with E-state index >= 15 is 0 Å². The number of rotatable bonds is 1. The van der Waals surface area contributed by atoms with E-state index in [0.717, 1.165) is 42.5 Å². The van der Waals surface area contributed by atoms with Gasteiger partial charge in [-0.15, -0.1) is 0 Å². The standard InChI is InChI=1S/C16H13FN2O/c17-11-7-5-10(6-8-11)15-12-3-1-2-4-14(12)19-16(20)13(15)9-18/h5-8H,1-4H2,(H,19,20)/i13+1. The maximum Gasteiger partial charge on any atom is 0.266 e. The quantitative estimate of drug-likeness (QED) is 0.865. The predicted octanol–water partition coefficient (Wildman–Crippen LogP) is 2.93. The van der Waals surface area contributed by atoms with Crippen molar-refractivity contribution in [2.45, 2.75) is 25.7 Å². The molecule has 0 saturated carbocycles. The van der Waals surface area contributed by atoms with Gasteiger partial charge in [0.05, 0.1) is 0 Å². The first-order valence-electron chi connectivity index (χ1n) is 6.65. The predicted molar refractivity (Wildman–Crippen MR) is 73.8 cm³/mol. The number of halogens is 1. The third-order valence-corrected chi connectivity index (χ3v) is 3.76. The first-order chi connectivity index (χ1) is 9.70. The molecule has 0 amide bonds. The minimum Gasteiger partial charge on any atom is -0.325 e. The van der Waals surface area contributed by atoms with Crippen molar-refractivity contribution in [3.8, 4) is 17.2 Å². The first kappa shape index (κ1) is 12.6. The van der Waals surface area contributed by atoms with Gasteiger partial charge in [0.2, 0.25) is 0 Å². The Hall–Kier alpha value is -2.41. The van der Waals surface area contributed by atoms with Crippen molar-refractivity contribution >= 4 is 0 Å². The summed E-state index contributed by atoms with van der Waals surface area (Å²) in [7, 11) is 0. The van der Waals surface area contributed by atoms with Crippen LogP contribution in [0.15, 0.2) is 29.1 Å². The molecule has 0 fully saturated rings. The molecule has 0 saturated heterocycles. The van der Waals surface area contributed by atoms with Crippen molar-refractivity contribution in [2.75, 3.05) is 0 Å². The van der Waals surface area contributed by atoms with E-state index in [1.165, 1.54) is 12.1 Å². The number of pyridine rings is 1. The second kappa shape index (κ2) is 4.93. The van der Waals surface area contributed by atoms with Crippen LogP contribution in [0.2, 0.25) is 0 Å². The van der Waals surface area contributed by atoms with Crippen LogP contribution < -0.4 is 5.56 Å². The van der Waals surface area contributed by atoms with E-state index in [1.807, 2.05) is 6.07 Å². The Balaban J connectivity index is 2.32. The molecule has 0 spiro atoms. The van der Waals surface area contributed by atoms with Crippen LogP contribution in [0, 0.1) is 17.1 Å². The van der Waals surface area contributed by atoms with Crippen molar-refractivity contribution in [2.24, 2.45) is 0 Å². The highest BCUT2D eigenvalue weighted by molar-refractivity contribution is 5.74. The fourth-order valence-electron chi connectivity index (χ4n) is 2.82. The molecule has 1 aromatic carbocycles. The molecule has 1 heterocycles. The summed E-state index contributed by atoms with van der Waals surface area (Å²) in [5.41, 5.74) is 3.11. The molecule has 20 heavy (non-hydrogen) atoms. The van der Waals surface area contributed by atoms with E-state index in [4.69, 9.17) is 0 Å².